The number of nitrogens with one attached hydrogen (secondary N) is 1. The van der Waals surface area contributed by atoms with E-state index in [-0.39, 0.29) is 16.4 Å². The Bertz CT molecular complexity index is 1030. The zero-order valence-electron chi connectivity index (χ0n) is 12.9. The molecule has 0 fully saturated rings. The lowest BCUT2D eigenvalue weighted by Crippen LogP contribution is -2.11. The Balaban J connectivity index is 1.75. The number of alkyl halides is 3. The van der Waals surface area contributed by atoms with Gasteiger partial charge >= 0.3 is 6.18 Å². The van der Waals surface area contributed by atoms with Crippen molar-refractivity contribution >= 4 is 43.0 Å². The Morgan fingerprint density at radius 2 is 2.00 bits per heavy atom. The van der Waals surface area contributed by atoms with Crippen molar-refractivity contribution < 1.29 is 21.6 Å². The van der Waals surface area contributed by atoms with Gasteiger partial charge in [0.25, 0.3) is 10.0 Å². The van der Waals surface area contributed by atoms with Gasteiger partial charge in [-0.3, -0.25) is 9.40 Å². The van der Waals surface area contributed by atoms with Crippen LogP contribution < -0.4 is 4.72 Å². The van der Waals surface area contributed by atoms with Gasteiger partial charge in [0, 0.05) is 6.20 Å². The molecule has 1 N–H and O–H groups in total. The van der Waals surface area contributed by atoms with Crippen LogP contribution in [0.5, 0.6) is 0 Å². The Kier molecular flexibility index (Phi) is 5.13. The molecule has 0 spiro atoms. The number of hydrogen-bond donors (Lipinski definition) is 1. The Morgan fingerprint density at radius 1 is 1.23 bits per heavy atom. The van der Waals surface area contributed by atoms with Crippen molar-refractivity contribution in [3.63, 3.8) is 0 Å². The van der Waals surface area contributed by atoms with Crippen molar-refractivity contribution in [3.8, 4) is 0 Å². The Morgan fingerprint density at radius 3 is 2.65 bits per heavy atom. The summed E-state index contributed by atoms with van der Waals surface area (Å²) in [4.78, 5) is 0. The summed E-state index contributed by atoms with van der Waals surface area (Å²) >= 11 is 4.26. The van der Waals surface area contributed by atoms with Crippen LogP contribution in [-0.2, 0) is 22.7 Å². The first kappa shape index (κ1) is 18.9. The second-order valence-electron chi connectivity index (χ2n) is 5.29. The van der Waals surface area contributed by atoms with Gasteiger partial charge in [-0.25, -0.2) is 8.42 Å². The average Bonchev–Trinajstić information content (AvgIpc) is 3.16. The molecule has 0 aliphatic heterocycles. The van der Waals surface area contributed by atoms with E-state index in [2.05, 4.69) is 25.8 Å². The summed E-state index contributed by atoms with van der Waals surface area (Å²) < 4.78 is 67.3. The number of rotatable bonds is 5. The third-order valence-corrected chi connectivity index (χ3v) is 6.79. The molecule has 3 rings (SSSR count). The molecule has 5 nitrogen and oxygen atoms in total. The average molecular weight is 466 g/mol. The molecule has 0 bridgehead atoms. The Hall–Kier alpha value is -1.85. The molecule has 1 aromatic carbocycles. The fourth-order valence-electron chi connectivity index (χ4n) is 2.18. The quantitative estimate of drug-likeness (QED) is 0.599. The van der Waals surface area contributed by atoms with Crippen LogP contribution in [0.15, 0.2) is 56.8 Å². The molecule has 0 unspecified atom stereocenters. The molecule has 26 heavy (non-hydrogen) atoms. The van der Waals surface area contributed by atoms with Gasteiger partial charge in [-0.05, 0) is 45.8 Å². The highest BCUT2D eigenvalue weighted by Crippen LogP contribution is 2.30. The highest BCUT2D eigenvalue weighted by Gasteiger charge is 2.30. The second kappa shape index (κ2) is 7.05. The van der Waals surface area contributed by atoms with E-state index in [4.69, 9.17) is 0 Å². The molecular formula is C15H11BrF3N3O2S2. The topological polar surface area (TPSA) is 64.0 Å². The summed E-state index contributed by atoms with van der Waals surface area (Å²) in [5, 5.41) is 3.99. The molecule has 0 saturated carbocycles. The Labute approximate surface area is 159 Å². The van der Waals surface area contributed by atoms with Gasteiger partial charge in [0.05, 0.1) is 27.8 Å². The lowest BCUT2D eigenvalue weighted by atomic mass is 10.1. The van der Waals surface area contributed by atoms with E-state index in [0.717, 1.165) is 23.5 Å². The number of halogens is 4. The van der Waals surface area contributed by atoms with Crippen molar-refractivity contribution in [1.82, 2.24) is 9.78 Å². The van der Waals surface area contributed by atoms with Gasteiger partial charge in [-0.15, -0.1) is 11.3 Å². The fourth-order valence-corrected chi connectivity index (χ4v) is 5.22. The summed E-state index contributed by atoms with van der Waals surface area (Å²) in [7, 11) is -3.74. The van der Waals surface area contributed by atoms with Crippen molar-refractivity contribution in [3.05, 3.63) is 63.7 Å². The van der Waals surface area contributed by atoms with Crippen LogP contribution in [0.3, 0.4) is 0 Å². The van der Waals surface area contributed by atoms with Gasteiger partial charge in [-0.1, -0.05) is 12.1 Å². The molecule has 11 heteroatoms. The van der Waals surface area contributed by atoms with Gasteiger partial charge in [0.1, 0.15) is 4.21 Å². The molecular weight excluding hydrogens is 455 g/mol. The predicted molar refractivity (Wildman–Crippen MR) is 95.6 cm³/mol. The largest absolute Gasteiger partial charge is 0.416 e. The van der Waals surface area contributed by atoms with Gasteiger partial charge < -0.3 is 0 Å². The van der Waals surface area contributed by atoms with E-state index < -0.39 is 21.8 Å². The highest BCUT2D eigenvalue weighted by molar-refractivity contribution is 9.11. The molecule has 3 aromatic rings. The third-order valence-electron chi connectivity index (χ3n) is 3.30. The highest BCUT2D eigenvalue weighted by atomic mass is 79.9. The van der Waals surface area contributed by atoms with E-state index in [1.807, 2.05) is 0 Å². The normalized spacial score (nSPS) is 12.3. The van der Waals surface area contributed by atoms with Crippen molar-refractivity contribution in [2.45, 2.75) is 16.9 Å². The zero-order valence-corrected chi connectivity index (χ0v) is 16.1. The van der Waals surface area contributed by atoms with Crippen molar-refractivity contribution in [2.24, 2.45) is 0 Å². The van der Waals surface area contributed by atoms with Crippen LogP contribution in [0.4, 0.5) is 18.9 Å². The smallest absolute Gasteiger partial charge is 0.276 e. The van der Waals surface area contributed by atoms with E-state index >= 15 is 0 Å². The maximum atomic E-state index is 12.8. The number of nitrogens with zero attached hydrogens (tertiary/aromatic N) is 2. The zero-order chi connectivity index (χ0) is 18.9. The number of aromatic nitrogens is 2. The van der Waals surface area contributed by atoms with Crippen LogP contribution in [0.1, 0.15) is 11.1 Å². The SMILES string of the molecule is O=S(=O)(Nc1cnn(Cc2cccc(C(F)(F)F)c2)c1)c1ccc(Br)s1. The molecule has 0 aliphatic rings. The molecule has 138 valence electrons. The molecule has 2 heterocycles. The van der Waals surface area contributed by atoms with Gasteiger partial charge in [0.15, 0.2) is 0 Å². The van der Waals surface area contributed by atoms with Crippen molar-refractivity contribution in [2.75, 3.05) is 4.72 Å². The lowest BCUT2D eigenvalue weighted by Gasteiger charge is -2.08. The number of benzene rings is 1. The lowest BCUT2D eigenvalue weighted by molar-refractivity contribution is -0.137. The summed E-state index contributed by atoms with van der Waals surface area (Å²) in [6.07, 6.45) is -1.70. The summed E-state index contributed by atoms with van der Waals surface area (Å²) in [5.41, 5.74) is -0.118. The van der Waals surface area contributed by atoms with Gasteiger partial charge in [0.2, 0.25) is 0 Å². The standard InChI is InChI=1S/C15H11BrF3N3O2S2/c16-13-4-5-14(25-13)26(23,24)21-12-7-20-22(9-12)8-10-2-1-3-11(6-10)15(17,18)19/h1-7,9,21H,8H2. The van der Waals surface area contributed by atoms with Crippen LogP contribution in [0.25, 0.3) is 0 Å². The molecule has 0 radical (unpaired) electrons. The van der Waals surface area contributed by atoms with Crippen LogP contribution in [0.2, 0.25) is 0 Å². The minimum atomic E-state index is -4.42. The summed E-state index contributed by atoms with van der Waals surface area (Å²) in [6, 6.07) is 7.98. The number of anilines is 1. The van der Waals surface area contributed by atoms with Crippen molar-refractivity contribution in [1.29, 1.82) is 0 Å². The van der Waals surface area contributed by atoms with E-state index in [0.29, 0.717) is 9.35 Å². The first-order valence-electron chi connectivity index (χ1n) is 7.10. The monoisotopic (exact) mass is 465 g/mol. The summed E-state index contributed by atoms with van der Waals surface area (Å²) in [6.45, 7) is 0.0796. The third kappa shape index (κ3) is 4.46. The van der Waals surface area contributed by atoms with Crippen LogP contribution >= 0.6 is 27.3 Å². The molecule has 0 atom stereocenters. The first-order valence-corrected chi connectivity index (χ1v) is 10.2. The maximum absolute atomic E-state index is 12.8. The van der Waals surface area contributed by atoms with E-state index in [1.54, 1.807) is 12.1 Å². The number of thiophene rings is 1. The minimum absolute atomic E-state index is 0.0796. The number of sulfonamides is 1. The number of hydrogen-bond acceptors (Lipinski definition) is 4. The first-order chi connectivity index (χ1) is 12.1. The molecule has 0 saturated heterocycles. The van der Waals surface area contributed by atoms with Crippen LogP contribution in [-0.4, -0.2) is 18.2 Å². The van der Waals surface area contributed by atoms with Crippen LogP contribution in [0, 0.1) is 0 Å². The second-order valence-corrected chi connectivity index (χ2v) is 9.66. The van der Waals surface area contributed by atoms with Gasteiger partial charge in [-0.2, -0.15) is 18.3 Å². The van der Waals surface area contributed by atoms with E-state index in [9.17, 15) is 21.6 Å². The molecule has 2 aromatic heterocycles. The fraction of sp³-hybridized carbons (Fsp3) is 0.133. The molecule has 0 amide bonds. The predicted octanol–water partition coefficient (Wildman–Crippen LogP) is 4.58. The summed E-state index contributed by atoms with van der Waals surface area (Å²) in [5.74, 6) is 0. The van der Waals surface area contributed by atoms with E-state index in [1.165, 1.54) is 29.2 Å². The minimum Gasteiger partial charge on any atom is -0.276 e. The maximum Gasteiger partial charge on any atom is 0.416 e. The molecule has 0 aliphatic carbocycles.